The number of carbonyl (C=O) groups is 1. The van der Waals surface area contributed by atoms with Gasteiger partial charge in [0.1, 0.15) is 0 Å². The molecule has 4 heteroatoms. The molecule has 0 heterocycles. The maximum absolute atomic E-state index is 10.8. The predicted octanol–water partition coefficient (Wildman–Crippen LogP) is 1.48. The number of nitroso groups, excluding NO2 is 1. The smallest absolute Gasteiger partial charge is 0.316 e. The SMILES string of the molecule is Cc1cc(C(=O)N=O)ccc1N. The van der Waals surface area contributed by atoms with E-state index < -0.39 is 5.91 Å². The fourth-order valence-electron chi connectivity index (χ4n) is 0.861. The number of nitrogens with zero attached hydrogens (tertiary/aromatic N) is 1. The summed E-state index contributed by atoms with van der Waals surface area (Å²) < 4.78 is 0. The summed E-state index contributed by atoms with van der Waals surface area (Å²) in [4.78, 5) is 20.6. The standard InChI is InChI=1S/C8H8N2O2/c1-5-4-6(8(11)10-12)2-3-7(5)9/h2-4H,9H2,1H3. The summed E-state index contributed by atoms with van der Waals surface area (Å²) in [7, 11) is 0. The van der Waals surface area contributed by atoms with E-state index in [1.807, 2.05) is 0 Å². The quantitative estimate of drug-likeness (QED) is 0.504. The molecule has 1 aromatic carbocycles. The van der Waals surface area contributed by atoms with Crippen LogP contribution in [0.4, 0.5) is 5.69 Å². The molecular formula is C8H8N2O2. The van der Waals surface area contributed by atoms with Crippen LogP contribution >= 0.6 is 0 Å². The van der Waals surface area contributed by atoms with Crippen LogP contribution in [-0.4, -0.2) is 5.91 Å². The third-order valence-electron chi connectivity index (χ3n) is 1.60. The zero-order valence-corrected chi connectivity index (χ0v) is 6.57. The second-order valence-electron chi connectivity index (χ2n) is 2.47. The molecule has 0 aliphatic rings. The number of anilines is 1. The van der Waals surface area contributed by atoms with Crippen molar-refractivity contribution in [1.82, 2.24) is 0 Å². The van der Waals surface area contributed by atoms with E-state index in [0.717, 1.165) is 5.56 Å². The molecule has 0 unspecified atom stereocenters. The summed E-state index contributed by atoms with van der Waals surface area (Å²) in [6, 6.07) is 4.60. The summed E-state index contributed by atoms with van der Waals surface area (Å²) in [5.41, 5.74) is 7.15. The van der Waals surface area contributed by atoms with Gasteiger partial charge in [0.05, 0.1) is 0 Å². The maximum Gasteiger partial charge on any atom is 0.316 e. The highest BCUT2D eigenvalue weighted by atomic mass is 16.3. The molecule has 0 fully saturated rings. The van der Waals surface area contributed by atoms with Gasteiger partial charge in [0.15, 0.2) is 0 Å². The second-order valence-corrected chi connectivity index (χ2v) is 2.47. The number of nitrogen functional groups attached to an aromatic ring is 1. The van der Waals surface area contributed by atoms with Gasteiger partial charge in [-0.1, -0.05) is 0 Å². The molecule has 2 N–H and O–H groups in total. The molecule has 0 radical (unpaired) electrons. The maximum atomic E-state index is 10.8. The number of aryl methyl sites for hydroxylation is 1. The lowest BCUT2D eigenvalue weighted by Gasteiger charge is -1.99. The van der Waals surface area contributed by atoms with E-state index in [4.69, 9.17) is 5.73 Å². The van der Waals surface area contributed by atoms with E-state index in [0.29, 0.717) is 5.69 Å². The Balaban J connectivity index is 3.13. The highest BCUT2D eigenvalue weighted by Gasteiger charge is 2.05. The van der Waals surface area contributed by atoms with Crippen LogP contribution in [0, 0.1) is 11.8 Å². The summed E-state index contributed by atoms with van der Waals surface area (Å²) in [6.45, 7) is 1.76. The van der Waals surface area contributed by atoms with Crippen molar-refractivity contribution in [2.24, 2.45) is 5.18 Å². The van der Waals surface area contributed by atoms with Gasteiger partial charge in [0.25, 0.3) is 0 Å². The van der Waals surface area contributed by atoms with Gasteiger partial charge in [0, 0.05) is 16.4 Å². The van der Waals surface area contributed by atoms with E-state index >= 15 is 0 Å². The van der Waals surface area contributed by atoms with Crippen LogP contribution < -0.4 is 5.73 Å². The van der Waals surface area contributed by atoms with Crippen molar-refractivity contribution in [2.45, 2.75) is 6.92 Å². The minimum Gasteiger partial charge on any atom is -0.399 e. The van der Waals surface area contributed by atoms with Crippen molar-refractivity contribution in [3.63, 3.8) is 0 Å². The van der Waals surface area contributed by atoms with Crippen molar-refractivity contribution in [2.75, 3.05) is 5.73 Å². The average molecular weight is 164 g/mol. The Morgan fingerprint density at radius 3 is 2.67 bits per heavy atom. The first-order chi connectivity index (χ1) is 5.65. The molecule has 1 amide bonds. The minimum atomic E-state index is -0.766. The van der Waals surface area contributed by atoms with E-state index in [1.165, 1.54) is 6.07 Å². The largest absolute Gasteiger partial charge is 0.399 e. The van der Waals surface area contributed by atoms with Crippen LogP contribution in [0.2, 0.25) is 0 Å². The van der Waals surface area contributed by atoms with Gasteiger partial charge in [-0.3, -0.25) is 4.79 Å². The molecule has 12 heavy (non-hydrogen) atoms. The first-order valence-corrected chi connectivity index (χ1v) is 3.39. The van der Waals surface area contributed by atoms with Crippen molar-refractivity contribution in [1.29, 1.82) is 0 Å². The number of amides is 1. The zero-order valence-electron chi connectivity index (χ0n) is 6.57. The summed E-state index contributed by atoms with van der Waals surface area (Å²) in [5, 5.41) is 2.30. The highest BCUT2D eigenvalue weighted by Crippen LogP contribution is 2.13. The lowest BCUT2D eigenvalue weighted by molar-refractivity contribution is 0.100. The van der Waals surface area contributed by atoms with Crippen molar-refractivity contribution in [3.05, 3.63) is 34.2 Å². The topological polar surface area (TPSA) is 72.5 Å². The van der Waals surface area contributed by atoms with E-state index in [1.54, 1.807) is 19.1 Å². The van der Waals surface area contributed by atoms with E-state index in [2.05, 4.69) is 5.18 Å². The molecule has 0 aliphatic heterocycles. The van der Waals surface area contributed by atoms with Gasteiger partial charge in [-0.2, -0.15) is 0 Å². The molecule has 0 bridgehead atoms. The Bertz CT molecular complexity index is 334. The Morgan fingerprint density at radius 1 is 1.50 bits per heavy atom. The number of benzene rings is 1. The van der Waals surface area contributed by atoms with Gasteiger partial charge >= 0.3 is 5.91 Å². The van der Waals surface area contributed by atoms with Crippen molar-refractivity contribution in [3.8, 4) is 0 Å². The molecule has 0 aromatic heterocycles. The van der Waals surface area contributed by atoms with Crippen molar-refractivity contribution >= 4 is 11.6 Å². The van der Waals surface area contributed by atoms with E-state index in [-0.39, 0.29) is 5.56 Å². The highest BCUT2D eigenvalue weighted by molar-refractivity contribution is 5.95. The molecule has 0 aliphatic carbocycles. The predicted molar refractivity (Wildman–Crippen MR) is 45.7 cm³/mol. The molecule has 1 rings (SSSR count). The summed E-state index contributed by atoms with van der Waals surface area (Å²) >= 11 is 0. The van der Waals surface area contributed by atoms with Gasteiger partial charge in [-0.05, 0) is 30.7 Å². The fraction of sp³-hybridized carbons (Fsp3) is 0.125. The van der Waals surface area contributed by atoms with Crippen LogP contribution in [0.3, 0.4) is 0 Å². The van der Waals surface area contributed by atoms with Crippen LogP contribution in [-0.2, 0) is 0 Å². The summed E-state index contributed by atoms with van der Waals surface area (Å²) in [5.74, 6) is -0.766. The van der Waals surface area contributed by atoms with Gasteiger partial charge < -0.3 is 5.73 Å². The third kappa shape index (κ3) is 1.47. The van der Waals surface area contributed by atoms with Gasteiger partial charge in [-0.25, -0.2) is 0 Å². The Kier molecular flexibility index (Phi) is 2.19. The Morgan fingerprint density at radius 2 is 2.17 bits per heavy atom. The number of rotatable bonds is 1. The Hall–Kier alpha value is -1.71. The normalized spacial score (nSPS) is 9.42. The molecule has 0 saturated heterocycles. The molecule has 62 valence electrons. The summed E-state index contributed by atoms with van der Waals surface area (Å²) in [6.07, 6.45) is 0. The second kappa shape index (κ2) is 3.13. The van der Waals surface area contributed by atoms with Crippen molar-refractivity contribution < 1.29 is 4.79 Å². The number of carbonyl (C=O) groups excluding carboxylic acids is 1. The molecule has 4 nitrogen and oxygen atoms in total. The first kappa shape index (κ1) is 8.39. The van der Waals surface area contributed by atoms with Crippen LogP contribution in [0.5, 0.6) is 0 Å². The Labute approximate surface area is 69.4 Å². The number of hydrogen-bond donors (Lipinski definition) is 1. The average Bonchev–Trinajstić information content (AvgIpc) is 2.08. The lowest BCUT2D eigenvalue weighted by atomic mass is 10.1. The number of hydrogen-bond acceptors (Lipinski definition) is 3. The van der Waals surface area contributed by atoms with Gasteiger partial charge in [0.2, 0.25) is 0 Å². The molecule has 0 spiro atoms. The van der Waals surface area contributed by atoms with Crippen LogP contribution in [0.1, 0.15) is 15.9 Å². The molecule has 0 atom stereocenters. The van der Waals surface area contributed by atoms with Crippen LogP contribution in [0.15, 0.2) is 23.4 Å². The molecular weight excluding hydrogens is 156 g/mol. The van der Waals surface area contributed by atoms with Crippen LogP contribution in [0.25, 0.3) is 0 Å². The molecule has 1 aromatic rings. The van der Waals surface area contributed by atoms with E-state index in [9.17, 15) is 9.70 Å². The number of nitrogens with two attached hydrogens (primary N) is 1. The fourth-order valence-corrected chi connectivity index (χ4v) is 0.861. The third-order valence-corrected chi connectivity index (χ3v) is 1.60. The lowest BCUT2D eigenvalue weighted by Crippen LogP contribution is -1.96. The first-order valence-electron chi connectivity index (χ1n) is 3.39. The zero-order chi connectivity index (χ0) is 9.14. The minimum absolute atomic E-state index is 0.275. The van der Waals surface area contributed by atoms with Gasteiger partial charge in [-0.15, -0.1) is 4.91 Å². The monoisotopic (exact) mass is 164 g/mol. The molecule has 0 saturated carbocycles.